The zero-order valence-corrected chi connectivity index (χ0v) is 11.5. The number of halogens is 1. The summed E-state index contributed by atoms with van der Waals surface area (Å²) in [6.07, 6.45) is 1.36. The average Bonchev–Trinajstić information content (AvgIpc) is 2.86. The van der Waals surface area contributed by atoms with Crippen LogP contribution in [0.15, 0.2) is 28.9 Å². The second kappa shape index (κ2) is 6.24. The average molecular weight is 290 g/mol. The topological polar surface area (TPSA) is 81.2 Å². The number of nitrogens with two attached hydrogens (primary N) is 1. The lowest BCUT2D eigenvalue weighted by Crippen LogP contribution is -2.12. The third-order valence-electron chi connectivity index (χ3n) is 2.54. The van der Waals surface area contributed by atoms with Gasteiger partial charge in [-0.25, -0.2) is 0 Å². The highest BCUT2D eigenvalue weighted by Crippen LogP contribution is 2.23. The second-order valence-corrected chi connectivity index (χ2v) is 4.36. The Bertz CT molecular complexity index is 698. The number of carbonyl (C=O) groups is 1. The molecule has 2 rings (SSSR count). The maximum absolute atomic E-state index is 12.0. The van der Waals surface area contributed by atoms with Gasteiger partial charge < -0.3 is 15.6 Å². The van der Waals surface area contributed by atoms with Crippen molar-refractivity contribution in [3.05, 3.63) is 46.3 Å². The molecule has 1 heterocycles. The molecule has 1 aromatic heterocycles. The van der Waals surface area contributed by atoms with Crippen molar-refractivity contribution in [2.45, 2.75) is 6.92 Å². The van der Waals surface area contributed by atoms with E-state index in [1.165, 1.54) is 6.20 Å². The molecule has 0 spiro atoms. The summed E-state index contributed by atoms with van der Waals surface area (Å²) in [6.45, 7) is 1.93. The minimum Gasteiger partial charge on any atom is -0.361 e. The van der Waals surface area contributed by atoms with Gasteiger partial charge in [-0.15, -0.1) is 0 Å². The molecule has 5 nitrogen and oxygen atoms in total. The molecule has 0 saturated heterocycles. The molecule has 0 bridgehead atoms. The maximum Gasteiger partial charge on any atom is 0.260 e. The van der Waals surface area contributed by atoms with E-state index in [9.17, 15) is 4.79 Å². The van der Waals surface area contributed by atoms with Gasteiger partial charge in [0.05, 0.1) is 23.5 Å². The number of aromatic nitrogens is 1. The van der Waals surface area contributed by atoms with E-state index in [1.807, 2.05) is 0 Å². The van der Waals surface area contributed by atoms with Crippen LogP contribution in [0, 0.1) is 18.8 Å². The van der Waals surface area contributed by atoms with Crippen LogP contribution in [0.25, 0.3) is 0 Å². The zero-order chi connectivity index (χ0) is 14.5. The van der Waals surface area contributed by atoms with Crippen molar-refractivity contribution in [1.82, 2.24) is 5.16 Å². The van der Waals surface area contributed by atoms with Crippen LogP contribution in [-0.4, -0.2) is 17.6 Å². The smallest absolute Gasteiger partial charge is 0.260 e. The Hall–Kier alpha value is -2.29. The molecule has 0 unspecified atom stereocenters. The predicted octanol–water partition coefficient (Wildman–Crippen LogP) is 2.20. The number of amides is 1. The molecule has 0 saturated carbocycles. The van der Waals surface area contributed by atoms with Crippen molar-refractivity contribution < 1.29 is 9.32 Å². The Kier molecular flexibility index (Phi) is 4.41. The number of benzene rings is 1. The molecule has 0 aliphatic carbocycles. The largest absolute Gasteiger partial charge is 0.361 e. The summed E-state index contributed by atoms with van der Waals surface area (Å²) in [5.74, 6) is 5.72. The van der Waals surface area contributed by atoms with Crippen molar-refractivity contribution in [3.8, 4) is 11.8 Å². The molecule has 0 radical (unpaired) electrons. The van der Waals surface area contributed by atoms with E-state index in [2.05, 4.69) is 22.3 Å². The Morgan fingerprint density at radius 2 is 2.35 bits per heavy atom. The van der Waals surface area contributed by atoms with Gasteiger partial charge in [0.1, 0.15) is 11.3 Å². The van der Waals surface area contributed by atoms with Gasteiger partial charge >= 0.3 is 0 Å². The molecule has 0 atom stereocenters. The number of nitrogens with zero attached hydrogens (tertiary/aromatic N) is 1. The summed E-state index contributed by atoms with van der Waals surface area (Å²) in [6, 6.07) is 5.11. The molecular formula is C14H12ClN3O2. The van der Waals surface area contributed by atoms with Gasteiger partial charge in [0.25, 0.3) is 5.91 Å². The summed E-state index contributed by atoms with van der Waals surface area (Å²) in [5, 5.41) is 6.68. The fraction of sp³-hybridized carbons (Fsp3) is 0.143. The van der Waals surface area contributed by atoms with Gasteiger partial charge in [-0.1, -0.05) is 28.6 Å². The van der Waals surface area contributed by atoms with Crippen LogP contribution in [0.5, 0.6) is 0 Å². The molecule has 102 valence electrons. The second-order valence-electron chi connectivity index (χ2n) is 3.95. The number of nitrogens with one attached hydrogen (secondary N) is 1. The van der Waals surface area contributed by atoms with Crippen LogP contribution in [0.3, 0.4) is 0 Å². The number of hydrogen-bond acceptors (Lipinski definition) is 4. The van der Waals surface area contributed by atoms with Crippen LogP contribution in [0.2, 0.25) is 5.02 Å². The van der Waals surface area contributed by atoms with Crippen molar-refractivity contribution in [1.29, 1.82) is 0 Å². The summed E-state index contributed by atoms with van der Waals surface area (Å²) in [5.41, 5.74) is 6.87. The molecular weight excluding hydrogens is 278 g/mol. The molecule has 6 heteroatoms. The Labute approximate surface area is 121 Å². The van der Waals surface area contributed by atoms with E-state index in [1.54, 1.807) is 25.1 Å². The van der Waals surface area contributed by atoms with E-state index >= 15 is 0 Å². The van der Waals surface area contributed by atoms with Crippen molar-refractivity contribution >= 4 is 23.2 Å². The fourth-order valence-electron chi connectivity index (χ4n) is 1.56. The van der Waals surface area contributed by atoms with Gasteiger partial charge in [0, 0.05) is 5.56 Å². The Balaban J connectivity index is 2.25. The van der Waals surface area contributed by atoms with Gasteiger partial charge in [0.2, 0.25) is 0 Å². The monoisotopic (exact) mass is 289 g/mol. The molecule has 1 amide bonds. The fourth-order valence-corrected chi connectivity index (χ4v) is 1.72. The van der Waals surface area contributed by atoms with Crippen molar-refractivity contribution in [3.63, 3.8) is 0 Å². The van der Waals surface area contributed by atoms with E-state index in [4.69, 9.17) is 21.9 Å². The highest BCUT2D eigenvalue weighted by atomic mass is 35.5. The lowest BCUT2D eigenvalue weighted by atomic mass is 10.2. The lowest BCUT2D eigenvalue weighted by molar-refractivity contribution is 0.102. The van der Waals surface area contributed by atoms with Crippen LogP contribution < -0.4 is 11.1 Å². The number of rotatable bonds is 2. The first-order chi connectivity index (χ1) is 9.61. The van der Waals surface area contributed by atoms with E-state index < -0.39 is 0 Å². The van der Waals surface area contributed by atoms with E-state index in [-0.39, 0.29) is 12.5 Å². The van der Waals surface area contributed by atoms with E-state index in [0.29, 0.717) is 22.0 Å². The number of hydrogen-bond donors (Lipinski definition) is 2. The Morgan fingerprint density at radius 1 is 1.55 bits per heavy atom. The first kappa shape index (κ1) is 14.1. The highest BCUT2D eigenvalue weighted by Gasteiger charge is 2.14. The predicted molar refractivity (Wildman–Crippen MR) is 76.6 cm³/mol. The summed E-state index contributed by atoms with van der Waals surface area (Å²) in [4.78, 5) is 12.0. The van der Waals surface area contributed by atoms with Gasteiger partial charge in [-0.05, 0) is 25.1 Å². The number of anilines is 1. The minimum absolute atomic E-state index is 0.268. The maximum atomic E-state index is 12.0. The minimum atomic E-state index is -0.338. The number of aryl methyl sites for hydroxylation is 1. The Morgan fingerprint density at radius 3 is 3.00 bits per heavy atom. The summed E-state index contributed by atoms with van der Waals surface area (Å²) in [7, 11) is 0. The highest BCUT2D eigenvalue weighted by molar-refractivity contribution is 6.34. The van der Waals surface area contributed by atoms with Crippen molar-refractivity contribution in [2.75, 3.05) is 11.9 Å². The molecule has 0 aliphatic rings. The standard InChI is InChI=1S/C14H12ClN3O2/c1-9-11(8-17-20-9)14(19)18-13-7-10(3-2-6-16)4-5-12(13)15/h4-5,7-8H,6,16H2,1H3,(H,18,19). The van der Waals surface area contributed by atoms with Crippen LogP contribution >= 0.6 is 11.6 Å². The normalized spacial score (nSPS) is 9.75. The zero-order valence-electron chi connectivity index (χ0n) is 10.7. The van der Waals surface area contributed by atoms with E-state index in [0.717, 1.165) is 5.56 Å². The van der Waals surface area contributed by atoms with Crippen LogP contribution in [0.4, 0.5) is 5.69 Å². The first-order valence-electron chi connectivity index (χ1n) is 5.83. The quantitative estimate of drug-likeness (QED) is 0.831. The molecule has 0 fully saturated rings. The lowest BCUT2D eigenvalue weighted by Gasteiger charge is -2.06. The van der Waals surface area contributed by atoms with Crippen molar-refractivity contribution in [2.24, 2.45) is 5.73 Å². The number of carbonyl (C=O) groups excluding carboxylic acids is 1. The molecule has 2 aromatic rings. The SMILES string of the molecule is Cc1oncc1C(=O)Nc1cc(C#CCN)ccc1Cl. The summed E-state index contributed by atoms with van der Waals surface area (Å²) < 4.78 is 4.85. The van der Waals surface area contributed by atoms with Crippen LogP contribution in [0.1, 0.15) is 21.7 Å². The molecule has 20 heavy (non-hydrogen) atoms. The molecule has 1 aromatic carbocycles. The third kappa shape index (κ3) is 3.18. The van der Waals surface area contributed by atoms with Gasteiger partial charge in [-0.2, -0.15) is 0 Å². The third-order valence-corrected chi connectivity index (χ3v) is 2.87. The summed E-state index contributed by atoms with van der Waals surface area (Å²) >= 11 is 6.05. The first-order valence-corrected chi connectivity index (χ1v) is 6.20. The molecule has 3 N–H and O–H groups in total. The van der Waals surface area contributed by atoms with Crippen LogP contribution in [-0.2, 0) is 0 Å². The molecule has 0 aliphatic heterocycles. The van der Waals surface area contributed by atoms with Gasteiger partial charge in [0.15, 0.2) is 0 Å². The van der Waals surface area contributed by atoms with Gasteiger partial charge in [-0.3, -0.25) is 4.79 Å².